The number of phenolic OH excluding ortho intramolecular Hbond substituents is 1. The van der Waals surface area contributed by atoms with Crippen molar-refractivity contribution in [2.75, 3.05) is 19.6 Å². The Balaban J connectivity index is 1.71. The number of carbonyl (C=O) groups is 17. The Morgan fingerprint density at radius 2 is 1.16 bits per heavy atom. The van der Waals surface area contributed by atoms with Crippen molar-refractivity contribution in [2.24, 2.45) is 29.2 Å². The molecule has 1 aliphatic heterocycles. The second kappa shape index (κ2) is 46.0. The maximum absolute atomic E-state index is 14.9. The van der Waals surface area contributed by atoms with Crippen LogP contribution in [0.4, 0.5) is 0 Å². The Morgan fingerprint density at radius 3 is 1.76 bits per heavy atom. The Bertz CT molecular complexity index is 3920. The molecule has 0 saturated carbocycles. The number of aromatic hydroxyl groups is 1. The molecule has 622 valence electrons. The summed E-state index contributed by atoms with van der Waals surface area (Å²) in [4.78, 5) is 235. The van der Waals surface area contributed by atoms with Crippen LogP contribution in [0, 0.1) is 17.8 Å². The van der Waals surface area contributed by atoms with E-state index in [1.165, 1.54) is 93.5 Å². The molecule has 14 atom stereocenters. The minimum absolute atomic E-state index is 0.0153. The smallest absolute Gasteiger partial charge is 0.303 e. The lowest BCUT2D eigenvalue weighted by Gasteiger charge is -2.33. The largest absolute Gasteiger partial charge is 0.508 e. The summed E-state index contributed by atoms with van der Waals surface area (Å²) >= 11 is 0. The molecule has 34 heteroatoms. The average Bonchev–Trinajstić information content (AvgIpc) is 1.60. The normalized spacial score (nSPS) is 23.5. The summed E-state index contributed by atoms with van der Waals surface area (Å²) in [5.41, 5.74) is 14.9. The highest BCUT2D eigenvalue weighted by molar-refractivity contribution is 6.42. The summed E-state index contributed by atoms with van der Waals surface area (Å²) in [6.45, 7) is 16.7. The summed E-state index contributed by atoms with van der Waals surface area (Å²) in [5, 5.41) is 47.5. The Hall–Kier alpha value is -10.3. The van der Waals surface area contributed by atoms with Crippen LogP contribution in [0.2, 0.25) is 0 Å². The summed E-state index contributed by atoms with van der Waals surface area (Å²) in [6.07, 6.45) is 6.86. The SMILES string of the molecule is CC(=O)CN[C@]1(C)CCCCCC/C=C/CCC[C@@](C)(C(=O)NC(C)C(=O)N[C@@H](C)C(=O)NC(C)C(=O)N[C@@H](C)C(=O)C(=O)[C@H](C)NC[C@H](C)C(N)=O)NC(=O)[C@H](CC(C)C)CN[C@@H](CCC(N)=O)C(=O)C(=O)C(C)NC(=O)[C@H](Cc2c[nH]c3ccccc23)NN[C@@H](Cc2ccc(O)cc2)C(=O)C(=O)[C@H](CCC(=O)O)NC1=O. The molecule has 1 aliphatic rings. The highest BCUT2D eigenvalue weighted by Crippen LogP contribution is 2.24. The van der Waals surface area contributed by atoms with E-state index in [-0.39, 0.29) is 82.0 Å². The molecule has 0 bridgehead atoms. The number of H-pyrrole nitrogens is 1. The maximum atomic E-state index is 14.9. The van der Waals surface area contributed by atoms with Crippen LogP contribution in [0.25, 0.3) is 10.9 Å². The molecule has 19 N–H and O–H groups in total. The third-order valence-electron chi connectivity index (χ3n) is 19.8. The van der Waals surface area contributed by atoms with E-state index in [0.29, 0.717) is 60.6 Å². The number of ketones is 7. The van der Waals surface area contributed by atoms with Gasteiger partial charge in [-0.25, -0.2) is 10.9 Å². The third kappa shape index (κ3) is 31.3. The second-order valence-electron chi connectivity index (χ2n) is 30.3. The summed E-state index contributed by atoms with van der Waals surface area (Å²) in [7, 11) is 0. The first kappa shape index (κ1) is 95.1. The fourth-order valence-electron chi connectivity index (χ4n) is 12.4. The number of primary amides is 2. The number of hydrazine groups is 1. The zero-order valence-electron chi connectivity index (χ0n) is 66.8. The van der Waals surface area contributed by atoms with Crippen molar-refractivity contribution >= 4 is 111 Å². The number of fused-ring (bicyclic) bond motifs is 1. The molecule has 1 aromatic heterocycles. The second-order valence-corrected chi connectivity index (χ2v) is 30.3. The topological polar surface area (TPSA) is 543 Å². The van der Waals surface area contributed by atoms with Gasteiger partial charge >= 0.3 is 5.97 Å². The number of phenols is 1. The molecule has 0 fully saturated rings. The monoisotopic (exact) mass is 1580 g/mol. The number of hydrogen-bond donors (Lipinski definition) is 17. The van der Waals surface area contributed by atoms with Crippen LogP contribution < -0.4 is 75.5 Å². The highest BCUT2D eigenvalue weighted by atomic mass is 16.4. The van der Waals surface area contributed by atoms with Crippen LogP contribution in [-0.4, -0.2) is 206 Å². The van der Waals surface area contributed by atoms with E-state index in [1.54, 1.807) is 30.5 Å². The molecule has 9 amide bonds. The van der Waals surface area contributed by atoms with Crippen LogP contribution in [0.5, 0.6) is 5.75 Å². The van der Waals surface area contributed by atoms with Crippen molar-refractivity contribution in [3.63, 3.8) is 0 Å². The minimum Gasteiger partial charge on any atom is -0.508 e. The molecule has 3 aromatic rings. The van der Waals surface area contributed by atoms with Crippen molar-refractivity contribution in [1.29, 1.82) is 0 Å². The van der Waals surface area contributed by atoms with Gasteiger partial charge < -0.3 is 74.5 Å². The first-order chi connectivity index (χ1) is 53.1. The van der Waals surface area contributed by atoms with Crippen LogP contribution in [-0.2, 0) is 94.3 Å². The number of hydrogen-bond acceptors (Lipinski definition) is 23. The lowest BCUT2D eigenvalue weighted by Crippen LogP contribution is -2.62. The number of rotatable bonds is 30. The summed E-state index contributed by atoms with van der Waals surface area (Å²) < 4.78 is 0. The lowest BCUT2D eigenvalue weighted by molar-refractivity contribution is -0.142. The zero-order chi connectivity index (χ0) is 84.6. The molecule has 0 radical (unpaired) electrons. The van der Waals surface area contributed by atoms with E-state index in [1.807, 2.05) is 26.0 Å². The van der Waals surface area contributed by atoms with Gasteiger partial charge in [-0.15, -0.1) is 0 Å². The summed E-state index contributed by atoms with van der Waals surface area (Å²) in [5.74, 6) is -17.5. The predicted octanol–water partition coefficient (Wildman–Crippen LogP) is 0.656. The number of allylic oxidation sites excluding steroid dienone is 2. The van der Waals surface area contributed by atoms with Crippen molar-refractivity contribution in [2.45, 2.75) is 257 Å². The molecule has 113 heavy (non-hydrogen) atoms. The molecular weight excluding hydrogens is 1460 g/mol. The molecule has 34 nitrogen and oxygen atoms in total. The van der Waals surface area contributed by atoms with Gasteiger partial charge in [-0.2, -0.15) is 0 Å². The molecular formula is C79H117N15O19. The Kier molecular flexibility index (Phi) is 38.7. The molecule has 4 rings (SSSR count). The fraction of sp³-hybridized carbons (Fsp3) is 0.582. The number of carboxylic acid groups (broad SMARTS) is 1. The van der Waals surface area contributed by atoms with Gasteiger partial charge in [0.2, 0.25) is 87.9 Å². The van der Waals surface area contributed by atoms with E-state index in [2.05, 4.69) is 69.0 Å². The van der Waals surface area contributed by atoms with Crippen LogP contribution in [0.3, 0.4) is 0 Å². The van der Waals surface area contributed by atoms with E-state index >= 15 is 0 Å². The first-order valence-electron chi connectivity index (χ1n) is 38.5. The van der Waals surface area contributed by atoms with Crippen LogP contribution in [0.15, 0.2) is 66.9 Å². The van der Waals surface area contributed by atoms with Crippen molar-refractivity contribution in [3.05, 3.63) is 78.0 Å². The van der Waals surface area contributed by atoms with Gasteiger partial charge in [-0.05, 0) is 162 Å². The van der Waals surface area contributed by atoms with Crippen molar-refractivity contribution in [1.82, 2.24) is 69.0 Å². The highest BCUT2D eigenvalue weighted by Gasteiger charge is 2.42. The Labute approximate surface area is 658 Å². The van der Waals surface area contributed by atoms with E-state index in [0.717, 1.165) is 0 Å². The number of Topliss-reactive ketones (excluding diaryl/α,β-unsaturated/α-hetero) is 7. The van der Waals surface area contributed by atoms with E-state index in [9.17, 15) is 91.7 Å². The molecule has 2 aromatic carbocycles. The lowest BCUT2D eigenvalue weighted by atomic mass is 9.89. The average molecular weight is 1580 g/mol. The molecule has 0 aliphatic carbocycles. The van der Waals surface area contributed by atoms with Crippen LogP contribution in [0.1, 0.15) is 184 Å². The fourth-order valence-corrected chi connectivity index (χ4v) is 12.4. The number of amides is 9. The van der Waals surface area contributed by atoms with Crippen LogP contribution >= 0.6 is 0 Å². The standard InChI is InChI=1S/C79H117N15O19/c1-43(2)36-54-42-84-58(30-32-62(80)97)67(103)66(102)48(7)87-75(111)61(38-53-41-83-57-25-21-20-24-56(53)57)94-93-60(37-52-26-28-55(96)29-27-52)69(105)68(104)59(31-33-63(98)99)91-76(112)78(11,85-40-45(4)95)34-22-18-16-14-13-15-17-19-23-35-79(12,92-74(54)110)77(113)90-51(10)73(109)89-50(9)72(108)88-49(8)71(107)86-47(6)65(101)64(100)46(5)82-39-44(3)70(81)106/h15,17,20-21,24-29,41,43-44,46-51,54,58-61,82-85,93-94,96H,13-14,16,18-19,22-23,30-40,42H2,1-12H3,(H2,80,97)(H2,81,106)(H,86,107)(H,87,111)(H,88,108)(H,89,109)(H,90,113)(H,91,112)(H,92,110)(H,98,99)/b17-15+/t44-,46-,47-,48?,49?,50-,51?,54+,58-,59-,60-,61-,78+,79-/m0/s1. The van der Waals surface area contributed by atoms with Crippen molar-refractivity contribution in [3.8, 4) is 5.75 Å². The number of aliphatic carboxylic acids is 1. The van der Waals surface area contributed by atoms with Gasteiger partial charge in [0.25, 0.3) is 0 Å². The first-order valence-corrected chi connectivity index (χ1v) is 38.5. The third-order valence-corrected chi connectivity index (χ3v) is 19.8. The maximum Gasteiger partial charge on any atom is 0.303 e. The number of aromatic amines is 1. The minimum atomic E-state index is -1.77. The number of carboxylic acids is 1. The number of nitrogens with one attached hydrogen (secondary N) is 13. The van der Waals surface area contributed by atoms with Gasteiger partial charge in [0.15, 0.2) is 0 Å². The summed E-state index contributed by atoms with van der Waals surface area (Å²) in [6, 6.07) is -1.51. The van der Waals surface area contributed by atoms with Gasteiger partial charge in [0, 0.05) is 55.4 Å². The zero-order valence-corrected chi connectivity index (χ0v) is 66.8. The van der Waals surface area contributed by atoms with Gasteiger partial charge in [0.1, 0.15) is 41.2 Å². The molecule has 0 saturated heterocycles. The number of benzene rings is 2. The van der Waals surface area contributed by atoms with Gasteiger partial charge in [-0.1, -0.05) is 82.5 Å². The quantitative estimate of drug-likeness (QED) is 0.0322. The molecule has 2 heterocycles. The van der Waals surface area contributed by atoms with E-state index < -0.39 is 196 Å². The van der Waals surface area contributed by atoms with Gasteiger partial charge in [0.05, 0.1) is 54.3 Å². The number of para-hydroxylation sites is 1. The van der Waals surface area contributed by atoms with Gasteiger partial charge in [-0.3, -0.25) is 86.8 Å². The van der Waals surface area contributed by atoms with Crippen molar-refractivity contribution < 1.29 is 91.7 Å². The number of aromatic nitrogens is 1. The predicted molar refractivity (Wildman–Crippen MR) is 418 cm³/mol. The number of carbonyl (C=O) groups excluding carboxylic acids is 16. The molecule has 0 spiro atoms. The Morgan fingerprint density at radius 1 is 0.602 bits per heavy atom. The number of nitrogens with two attached hydrogens (primary N) is 2. The van der Waals surface area contributed by atoms with E-state index in [4.69, 9.17) is 11.5 Å². The molecule has 3 unspecified atom stereocenters.